The maximum Gasteiger partial charge on any atom is 0.165 e. The van der Waals surface area contributed by atoms with E-state index >= 15 is 0 Å². The maximum atomic E-state index is 13.2. The summed E-state index contributed by atoms with van der Waals surface area (Å²) in [4.78, 5) is 0. The first-order valence-corrected chi connectivity index (χ1v) is 4.94. The van der Waals surface area contributed by atoms with Crippen LogP contribution < -0.4 is 10.5 Å². The van der Waals surface area contributed by atoms with Crippen LogP contribution in [0.15, 0.2) is 24.3 Å². The molecular weight excluding hydrogens is 181 g/mol. The first-order chi connectivity index (χ1) is 6.77. The summed E-state index contributed by atoms with van der Waals surface area (Å²) >= 11 is 0. The zero-order chi connectivity index (χ0) is 9.97. The van der Waals surface area contributed by atoms with Crippen molar-refractivity contribution in [2.75, 3.05) is 0 Å². The molecule has 0 saturated heterocycles. The molecule has 1 fully saturated rings. The van der Waals surface area contributed by atoms with Crippen LogP contribution in [0, 0.1) is 5.82 Å². The molecule has 0 aromatic heterocycles. The van der Waals surface area contributed by atoms with Crippen molar-refractivity contribution in [2.45, 2.75) is 31.4 Å². The van der Waals surface area contributed by atoms with E-state index in [4.69, 9.17) is 10.5 Å². The second-order valence-corrected chi connectivity index (χ2v) is 3.68. The lowest BCUT2D eigenvalue weighted by molar-refractivity contribution is 0.183. The van der Waals surface area contributed by atoms with Gasteiger partial charge in [0.2, 0.25) is 0 Å². The summed E-state index contributed by atoms with van der Waals surface area (Å²) in [5.74, 6) is 0.00134. The van der Waals surface area contributed by atoms with Gasteiger partial charge in [-0.3, -0.25) is 0 Å². The predicted octanol–water partition coefficient (Wildman–Crippen LogP) is 2.08. The Morgan fingerprint density at radius 1 is 1.29 bits per heavy atom. The molecule has 0 bridgehead atoms. The highest BCUT2D eigenvalue weighted by Gasteiger charge is 2.26. The van der Waals surface area contributed by atoms with Gasteiger partial charge in [0.05, 0.1) is 0 Å². The molecule has 1 aliphatic carbocycles. The largest absolute Gasteiger partial charge is 0.486 e. The molecule has 76 valence electrons. The van der Waals surface area contributed by atoms with Crippen molar-refractivity contribution in [3.05, 3.63) is 30.1 Å². The minimum absolute atomic E-state index is 0.0214. The van der Waals surface area contributed by atoms with Gasteiger partial charge in [0.1, 0.15) is 6.10 Å². The normalized spacial score (nSPS) is 26.4. The first kappa shape index (κ1) is 9.46. The average molecular weight is 195 g/mol. The monoisotopic (exact) mass is 195 g/mol. The van der Waals surface area contributed by atoms with E-state index in [9.17, 15) is 4.39 Å². The van der Waals surface area contributed by atoms with Crippen LogP contribution in [-0.2, 0) is 0 Å². The van der Waals surface area contributed by atoms with Gasteiger partial charge in [-0.1, -0.05) is 12.1 Å². The third kappa shape index (κ3) is 1.87. The lowest BCUT2D eigenvalue weighted by Crippen LogP contribution is -2.33. The fourth-order valence-corrected chi connectivity index (χ4v) is 1.80. The molecule has 2 atom stereocenters. The van der Waals surface area contributed by atoms with Gasteiger partial charge >= 0.3 is 0 Å². The Labute approximate surface area is 82.9 Å². The standard InChI is InChI=1S/C11H14FNO/c12-8-4-1-2-6-10(8)14-11-7-3-5-9(11)13/h1-2,4,6,9,11H,3,5,7,13H2/t9-,11+/m1/s1. The molecule has 2 nitrogen and oxygen atoms in total. The van der Waals surface area contributed by atoms with Crippen molar-refractivity contribution in [1.82, 2.24) is 0 Å². The molecule has 1 aromatic carbocycles. The van der Waals surface area contributed by atoms with Gasteiger partial charge in [-0.25, -0.2) is 4.39 Å². The van der Waals surface area contributed by atoms with Crippen LogP contribution in [0.2, 0.25) is 0 Å². The number of rotatable bonds is 2. The van der Waals surface area contributed by atoms with Gasteiger partial charge in [-0.2, -0.15) is 0 Å². The van der Waals surface area contributed by atoms with Crippen molar-refractivity contribution in [3.63, 3.8) is 0 Å². The van der Waals surface area contributed by atoms with Crippen molar-refractivity contribution in [1.29, 1.82) is 0 Å². The maximum absolute atomic E-state index is 13.2. The number of halogens is 1. The van der Waals surface area contributed by atoms with Gasteiger partial charge in [-0.05, 0) is 31.4 Å². The smallest absolute Gasteiger partial charge is 0.165 e. The van der Waals surface area contributed by atoms with Crippen molar-refractivity contribution >= 4 is 0 Å². The summed E-state index contributed by atoms with van der Waals surface area (Å²) in [6, 6.07) is 6.50. The Hall–Kier alpha value is -1.09. The Balaban J connectivity index is 2.07. The molecule has 0 amide bonds. The van der Waals surface area contributed by atoms with E-state index in [0.29, 0.717) is 5.75 Å². The molecule has 2 rings (SSSR count). The van der Waals surface area contributed by atoms with Crippen LogP contribution in [0.3, 0.4) is 0 Å². The van der Waals surface area contributed by atoms with E-state index in [0.717, 1.165) is 19.3 Å². The molecule has 14 heavy (non-hydrogen) atoms. The highest BCUT2D eigenvalue weighted by Crippen LogP contribution is 2.25. The highest BCUT2D eigenvalue weighted by atomic mass is 19.1. The third-order valence-corrected chi connectivity index (χ3v) is 2.62. The van der Waals surface area contributed by atoms with E-state index < -0.39 is 0 Å². The van der Waals surface area contributed by atoms with E-state index in [2.05, 4.69) is 0 Å². The minimum Gasteiger partial charge on any atom is -0.486 e. The molecular formula is C11H14FNO. The predicted molar refractivity (Wildman–Crippen MR) is 52.6 cm³/mol. The second kappa shape index (κ2) is 3.96. The fraction of sp³-hybridized carbons (Fsp3) is 0.455. The summed E-state index contributed by atoms with van der Waals surface area (Å²) in [5.41, 5.74) is 5.83. The molecule has 1 aliphatic rings. The Bertz CT molecular complexity index is 316. The van der Waals surface area contributed by atoms with Crippen LogP contribution in [0.5, 0.6) is 5.75 Å². The van der Waals surface area contributed by atoms with E-state index in [-0.39, 0.29) is 18.0 Å². The molecule has 0 aliphatic heterocycles. The zero-order valence-corrected chi connectivity index (χ0v) is 7.95. The van der Waals surface area contributed by atoms with Gasteiger partial charge in [0.25, 0.3) is 0 Å². The molecule has 1 saturated carbocycles. The quantitative estimate of drug-likeness (QED) is 0.784. The molecule has 2 N–H and O–H groups in total. The second-order valence-electron chi connectivity index (χ2n) is 3.68. The summed E-state index contributed by atoms with van der Waals surface area (Å²) in [7, 11) is 0. The summed E-state index contributed by atoms with van der Waals surface area (Å²) in [6.45, 7) is 0. The van der Waals surface area contributed by atoms with Crippen LogP contribution in [-0.4, -0.2) is 12.1 Å². The number of nitrogens with two attached hydrogens (primary N) is 1. The van der Waals surface area contributed by atoms with Gasteiger partial charge in [0, 0.05) is 6.04 Å². The van der Waals surface area contributed by atoms with Crippen LogP contribution >= 0.6 is 0 Å². The number of benzene rings is 1. The summed E-state index contributed by atoms with van der Waals surface area (Å²) in [6.07, 6.45) is 2.95. The van der Waals surface area contributed by atoms with Gasteiger partial charge in [0.15, 0.2) is 11.6 Å². The molecule has 0 radical (unpaired) electrons. The van der Waals surface area contributed by atoms with Gasteiger partial charge < -0.3 is 10.5 Å². The number of hydrogen-bond donors (Lipinski definition) is 1. The number of ether oxygens (including phenoxy) is 1. The fourth-order valence-electron chi connectivity index (χ4n) is 1.80. The SMILES string of the molecule is N[C@@H]1CCC[C@@H]1Oc1ccccc1F. The average Bonchev–Trinajstić information content (AvgIpc) is 2.56. The molecule has 3 heteroatoms. The van der Waals surface area contributed by atoms with Crippen molar-refractivity contribution in [3.8, 4) is 5.75 Å². The van der Waals surface area contributed by atoms with Crippen LogP contribution in [0.25, 0.3) is 0 Å². The summed E-state index contributed by atoms with van der Waals surface area (Å²) < 4.78 is 18.7. The Morgan fingerprint density at radius 2 is 2.07 bits per heavy atom. The van der Waals surface area contributed by atoms with E-state index in [1.54, 1.807) is 18.2 Å². The van der Waals surface area contributed by atoms with Crippen molar-refractivity contribution in [2.24, 2.45) is 5.73 Å². The zero-order valence-electron chi connectivity index (χ0n) is 7.95. The molecule has 0 heterocycles. The van der Waals surface area contributed by atoms with Crippen LogP contribution in [0.1, 0.15) is 19.3 Å². The first-order valence-electron chi connectivity index (χ1n) is 4.94. The third-order valence-electron chi connectivity index (χ3n) is 2.62. The highest BCUT2D eigenvalue weighted by molar-refractivity contribution is 5.24. The topological polar surface area (TPSA) is 35.2 Å². The summed E-state index contributed by atoms with van der Waals surface area (Å²) in [5, 5.41) is 0. The molecule has 1 aromatic rings. The van der Waals surface area contributed by atoms with Gasteiger partial charge in [-0.15, -0.1) is 0 Å². The van der Waals surface area contributed by atoms with E-state index in [1.165, 1.54) is 6.07 Å². The Kier molecular flexibility index (Phi) is 2.68. The van der Waals surface area contributed by atoms with E-state index in [1.807, 2.05) is 0 Å². The number of para-hydroxylation sites is 1. The Morgan fingerprint density at radius 3 is 2.71 bits per heavy atom. The van der Waals surface area contributed by atoms with Crippen LogP contribution in [0.4, 0.5) is 4.39 Å². The number of hydrogen-bond acceptors (Lipinski definition) is 2. The van der Waals surface area contributed by atoms with Crippen molar-refractivity contribution < 1.29 is 9.13 Å². The lowest BCUT2D eigenvalue weighted by Gasteiger charge is -2.17. The minimum atomic E-state index is -0.313. The molecule has 0 unspecified atom stereocenters. The lowest BCUT2D eigenvalue weighted by atomic mass is 10.2. The molecule has 0 spiro atoms.